The minimum absolute atomic E-state index is 0.326. The molecule has 0 radical (unpaired) electrons. The summed E-state index contributed by atoms with van der Waals surface area (Å²) >= 11 is 0. The smallest absolute Gasteiger partial charge is 0.338 e. The van der Waals surface area contributed by atoms with E-state index in [4.69, 9.17) is 4.74 Å². The summed E-state index contributed by atoms with van der Waals surface area (Å²) < 4.78 is 30.0. The molecule has 2 aromatic rings. The number of rotatable bonds is 5. The monoisotopic (exact) mass is 387 g/mol. The fourth-order valence-corrected chi connectivity index (χ4v) is 4.24. The molecule has 0 bridgehead atoms. The van der Waals surface area contributed by atoms with Crippen molar-refractivity contribution in [2.24, 2.45) is 0 Å². The third-order valence-electron chi connectivity index (χ3n) is 4.45. The zero-order chi connectivity index (χ0) is 19.8. The van der Waals surface area contributed by atoms with E-state index in [1.54, 1.807) is 30.3 Å². The van der Waals surface area contributed by atoms with Crippen LogP contribution in [0.5, 0.6) is 0 Å². The van der Waals surface area contributed by atoms with E-state index in [9.17, 15) is 18.0 Å². The Morgan fingerprint density at radius 1 is 1.04 bits per heavy atom. The lowest BCUT2D eigenvalue weighted by molar-refractivity contribution is 0.0474. The van der Waals surface area contributed by atoms with Gasteiger partial charge >= 0.3 is 5.97 Å². The summed E-state index contributed by atoms with van der Waals surface area (Å²) in [5.41, 5.74) is 4.10. The third kappa shape index (κ3) is 4.19. The Bertz CT molecular complexity index is 1010. The molecule has 6 nitrogen and oxygen atoms in total. The van der Waals surface area contributed by atoms with Crippen LogP contribution in [0.3, 0.4) is 0 Å². The number of fused-ring (bicyclic) bond motifs is 1. The van der Waals surface area contributed by atoms with Crippen molar-refractivity contribution < 1.29 is 22.7 Å². The summed E-state index contributed by atoms with van der Waals surface area (Å²) in [6.07, 6.45) is 1.71. The number of sulfonamides is 1. The number of Topliss-reactive ketones (excluding diaryl/α,β-unsaturated/α-hetero) is 1. The van der Waals surface area contributed by atoms with Crippen molar-refractivity contribution in [1.82, 2.24) is 0 Å². The summed E-state index contributed by atoms with van der Waals surface area (Å²) in [6.45, 7) is 3.78. The molecule has 1 aliphatic rings. The van der Waals surface area contributed by atoms with E-state index < -0.39 is 16.0 Å². The van der Waals surface area contributed by atoms with Gasteiger partial charge in [-0.25, -0.2) is 13.2 Å². The van der Waals surface area contributed by atoms with Crippen LogP contribution in [-0.4, -0.2) is 39.6 Å². The Kier molecular flexibility index (Phi) is 5.06. The second-order valence-corrected chi connectivity index (χ2v) is 8.71. The number of carbonyl (C=O) groups is 2. The van der Waals surface area contributed by atoms with Crippen LogP contribution in [0.15, 0.2) is 36.4 Å². The van der Waals surface area contributed by atoms with Gasteiger partial charge < -0.3 is 4.74 Å². The standard InChI is InChI=1S/C20H21NO5S/c1-13-8-14(2)10-17(9-13)20(23)26-12-19(22)16-4-5-18-15(11-16)6-7-21(18)27(3,24)25/h4-5,8-11H,6-7,12H2,1-3H3. The number of benzene rings is 2. The van der Waals surface area contributed by atoms with E-state index in [-0.39, 0.29) is 12.4 Å². The molecule has 0 N–H and O–H groups in total. The Balaban J connectivity index is 1.70. The van der Waals surface area contributed by atoms with Gasteiger partial charge in [0.1, 0.15) is 0 Å². The van der Waals surface area contributed by atoms with Crippen molar-refractivity contribution >= 4 is 27.5 Å². The number of anilines is 1. The fourth-order valence-electron chi connectivity index (χ4n) is 3.28. The highest BCUT2D eigenvalue weighted by Crippen LogP contribution is 2.30. The van der Waals surface area contributed by atoms with Crippen molar-refractivity contribution in [2.45, 2.75) is 20.3 Å². The Labute approximate surface area is 158 Å². The summed E-state index contributed by atoms with van der Waals surface area (Å²) in [7, 11) is -3.33. The van der Waals surface area contributed by atoms with Gasteiger partial charge in [0.05, 0.1) is 17.5 Å². The lowest BCUT2D eigenvalue weighted by atomic mass is 10.1. The normalized spacial score (nSPS) is 13.4. The van der Waals surface area contributed by atoms with Crippen LogP contribution in [0.1, 0.15) is 37.4 Å². The first kappa shape index (κ1) is 19.1. The molecule has 0 aliphatic carbocycles. The van der Waals surface area contributed by atoms with E-state index in [1.807, 2.05) is 19.9 Å². The van der Waals surface area contributed by atoms with Crippen LogP contribution in [0.25, 0.3) is 0 Å². The minimum atomic E-state index is -3.33. The van der Waals surface area contributed by atoms with Gasteiger partial charge in [0.25, 0.3) is 0 Å². The van der Waals surface area contributed by atoms with Crippen molar-refractivity contribution in [2.75, 3.05) is 23.7 Å². The first-order valence-corrected chi connectivity index (χ1v) is 10.4. The molecule has 0 saturated heterocycles. The molecule has 0 spiro atoms. The molecule has 0 amide bonds. The van der Waals surface area contributed by atoms with Crippen LogP contribution < -0.4 is 4.31 Å². The number of ether oxygens (including phenoxy) is 1. The highest BCUT2D eigenvalue weighted by Gasteiger charge is 2.26. The second-order valence-electron chi connectivity index (χ2n) is 6.80. The molecule has 7 heteroatoms. The average Bonchev–Trinajstić information content (AvgIpc) is 3.01. The first-order chi connectivity index (χ1) is 12.6. The van der Waals surface area contributed by atoms with Crippen LogP contribution in [0, 0.1) is 13.8 Å². The largest absolute Gasteiger partial charge is 0.454 e. The van der Waals surface area contributed by atoms with E-state index in [1.165, 1.54) is 4.31 Å². The van der Waals surface area contributed by atoms with Crippen LogP contribution in [0.4, 0.5) is 5.69 Å². The average molecular weight is 387 g/mol. The van der Waals surface area contributed by atoms with E-state index in [2.05, 4.69) is 0 Å². The molecule has 142 valence electrons. The predicted molar refractivity (Wildman–Crippen MR) is 103 cm³/mol. The highest BCUT2D eigenvalue weighted by atomic mass is 32.2. The summed E-state index contributed by atoms with van der Waals surface area (Å²) in [6, 6.07) is 10.3. The lowest BCUT2D eigenvalue weighted by Crippen LogP contribution is -2.27. The molecule has 0 aromatic heterocycles. The number of hydrogen-bond donors (Lipinski definition) is 0. The van der Waals surface area contributed by atoms with E-state index in [0.29, 0.717) is 29.8 Å². The van der Waals surface area contributed by atoms with Crippen LogP contribution in [-0.2, 0) is 21.2 Å². The maximum atomic E-state index is 12.4. The SMILES string of the molecule is Cc1cc(C)cc(C(=O)OCC(=O)c2ccc3c(c2)CCN3S(C)(=O)=O)c1. The van der Waals surface area contributed by atoms with Gasteiger partial charge in [-0.15, -0.1) is 0 Å². The number of nitrogens with zero attached hydrogens (tertiary/aromatic N) is 1. The van der Waals surface area contributed by atoms with Gasteiger partial charge in [-0.1, -0.05) is 17.2 Å². The Morgan fingerprint density at radius 2 is 1.70 bits per heavy atom. The summed E-state index contributed by atoms with van der Waals surface area (Å²) in [5, 5.41) is 0. The van der Waals surface area contributed by atoms with Crippen molar-refractivity contribution in [3.05, 3.63) is 64.2 Å². The van der Waals surface area contributed by atoms with Gasteiger partial charge in [0, 0.05) is 12.1 Å². The van der Waals surface area contributed by atoms with Gasteiger partial charge in [-0.2, -0.15) is 0 Å². The van der Waals surface area contributed by atoms with E-state index in [0.717, 1.165) is 22.9 Å². The third-order valence-corrected chi connectivity index (χ3v) is 5.63. The maximum absolute atomic E-state index is 12.4. The molecule has 2 aromatic carbocycles. The molecule has 0 atom stereocenters. The molecular weight excluding hydrogens is 366 g/mol. The molecule has 1 aliphatic heterocycles. The zero-order valence-electron chi connectivity index (χ0n) is 15.5. The second kappa shape index (κ2) is 7.15. The topological polar surface area (TPSA) is 80.8 Å². The molecule has 0 fully saturated rings. The van der Waals surface area contributed by atoms with E-state index >= 15 is 0 Å². The number of esters is 1. The van der Waals surface area contributed by atoms with Gasteiger partial charge in [-0.05, 0) is 56.2 Å². The number of carbonyl (C=O) groups excluding carboxylic acids is 2. The summed E-state index contributed by atoms with van der Waals surface area (Å²) in [5.74, 6) is -0.868. The Hall–Kier alpha value is -2.67. The zero-order valence-corrected chi connectivity index (χ0v) is 16.3. The summed E-state index contributed by atoms with van der Waals surface area (Å²) in [4.78, 5) is 24.6. The van der Waals surface area contributed by atoms with Gasteiger partial charge in [0.15, 0.2) is 12.4 Å². The van der Waals surface area contributed by atoms with Crippen molar-refractivity contribution in [3.8, 4) is 0 Å². The first-order valence-electron chi connectivity index (χ1n) is 8.54. The van der Waals surface area contributed by atoms with Crippen LogP contribution >= 0.6 is 0 Å². The number of aryl methyl sites for hydroxylation is 2. The van der Waals surface area contributed by atoms with Crippen molar-refractivity contribution in [1.29, 1.82) is 0 Å². The van der Waals surface area contributed by atoms with Gasteiger partial charge in [-0.3, -0.25) is 9.10 Å². The molecule has 27 heavy (non-hydrogen) atoms. The number of ketones is 1. The predicted octanol–water partition coefficient (Wildman–Crippen LogP) is 2.67. The molecule has 0 saturated carbocycles. The number of hydrogen-bond acceptors (Lipinski definition) is 5. The fraction of sp³-hybridized carbons (Fsp3) is 0.300. The maximum Gasteiger partial charge on any atom is 0.338 e. The van der Waals surface area contributed by atoms with Crippen molar-refractivity contribution in [3.63, 3.8) is 0 Å². The highest BCUT2D eigenvalue weighted by molar-refractivity contribution is 7.92. The molecular formula is C20H21NO5S. The van der Waals surface area contributed by atoms with Gasteiger partial charge in [0.2, 0.25) is 10.0 Å². The molecule has 3 rings (SSSR count). The molecule has 1 heterocycles. The van der Waals surface area contributed by atoms with Crippen LogP contribution in [0.2, 0.25) is 0 Å². The molecule has 0 unspecified atom stereocenters. The minimum Gasteiger partial charge on any atom is -0.454 e. The Morgan fingerprint density at radius 3 is 2.33 bits per heavy atom. The quantitative estimate of drug-likeness (QED) is 0.582. The lowest BCUT2D eigenvalue weighted by Gasteiger charge is -2.16.